The van der Waals surface area contributed by atoms with Crippen LogP contribution in [-0.4, -0.2) is 18.1 Å². The number of hydrogen-bond donors (Lipinski definition) is 1. The molecule has 25 heavy (non-hydrogen) atoms. The van der Waals surface area contributed by atoms with E-state index in [1.165, 1.54) is 77.0 Å². The van der Waals surface area contributed by atoms with Crippen LogP contribution in [0.15, 0.2) is 0 Å². The Bertz CT molecular complexity index is 312. The summed E-state index contributed by atoms with van der Waals surface area (Å²) in [4.78, 5) is 14.0. The minimum Gasteiger partial charge on any atom is -0.301 e. The predicted octanol–water partition coefficient (Wildman–Crippen LogP) is 6.94. The zero-order valence-corrected chi connectivity index (χ0v) is 17.4. The topological polar surface area (TPSA) is 65.0 Å². The highest BCUT2D eigenvalue weighted by Crippen LogP contribution is 2.43. The molecule has 0 saturated carbocycles. The van der Waals surface area contributed by atoms with E-state index in [0.717, 1.165) is 12.8 Å². The highest BCUT2D eigenvalue weighted by Gasteiger charge is 2.21. The standard InChI is InChI=1S/C19H41O5P/c1-3-5-6-7-8-9-10-11-12-13-14-15-16-17-19-22-24-25(20,21)23-18-4-2/h3-19H2,1-2H3,(H,20,21). The molecule has 0 aliphatic carbocycles. The molecular weight excluding hydrogens is 339 g/mol. The third-order valence-electron chi connectivity index (χ3n) is 4.19. The summed E-state index contributed by atoms with van der Waals surface area (Å²) in [6.07, 6.45) is 18.8. The van der Waals surface area contributed by atoms with Gasteiger partial charge in [-0.25, -0.2) is 9.45 Å². The molecule has 0 aliphatic rings. The molecule has 6 heteroatoms. The summed E-state index contributed by atoms with van der Waals surface area (Å²) in [7, 11) is -4.02. The van der Waals surface area contributed by atoms with Crippen molar-refractivity contribution in [2.24, 2.45) is 0 Å². The zero-order valence-electron chi connectivity index (χ0n) is 16.5. The minimum atomic E-state index is -4.02. The van der Waals surface area contributed by atoms with Crippen molar-refractivity contribution in [3.05, 3.63) is 0 Å². The van der Waals surface area contributed by atoms with Gasteiger partial charge < -0.3 is 4.89 Å². The van der Waals surface area contributed by atoms with Gasteiger partial charge in [-0.05, 0) is 12.8 Å². The van der Waals surface area contributed by atoms with Crippen molar-refractivity contribution in [3.8, 4) is 0 Å². The molecule has 0 spiro atoms. The molecular formula is C19H41O5P. The first-order valence-electron chi connectivity index (χ1n) is 10.4. The quantitative estimate of drug-likeness (QED) is 0.107. The Morgan fingerprint density at radius 3 is 1.52 bits per heavy atom. The molecule has 0 aromatic heterocycles. The maximum Gasteiger partial charge on any atom is 0.499 e. The number of hydrogen-bond acceptors (Lipinski definition) is 4. The Labute approximate surface area is 155 Å². The van der Waals surface area contributed by atoms with Gasteiger partial charge >= 0.3 is 7.82 Å². The van der Waals surface area contributed by atoms with Crippen LogP contribution in [0.25, 0.3) is 0 Å². The Balaban J connectivity index is 3.15. The average molecular weight is 381 g/mol. The van der Waals surface area contributed by atoms with Crippen LogP contribution >= 0.6 is 7.82 Å². The van der Waals surface area contributed by atoms with E-state index in [-0.39, 0.29) is 6.61 Å². The number of unbranched alkanes of at least 4 members (excludes halogenated alkanes) is 13. The molecule has 0 aromatic carbocycles. The fraction of sp³-hybridized carbons (Fsp3) is 1.00. The number of phosphoric ester groups is 1. The van der Waals surface area contributed by atoms with Gasteiger partial charge in [-0.15, -0.1) is 4.67 Å². The summed E-state index contributed by atoms with van der Waals surface area (Å²) in [5, 5.41) is 0. The number of rotatable bonds is 20. The number of phosphoric acid groups is 1. The van der Waals surface area contributed by atoms with Gasteiger partial charge in [0.1, 0.15) is 0 Å². The van der Waals surface area contributed by atoms with Crippen molar-refractivity contribution >= 4 is 7.82 Å². The molecule has 0 heterocycles. The first-order valence-corrected chi connectivity index (χ1v) is 11.9. The van der Waals surface area contributed by atoms with E-state index in [1.54, 1.807) is 0 Å². The fourth-order valence-electron chi connectivity index (χ4n) is 2.69. The summed E-state index contributed by atoms with van der Waals surface area (Å²) >= 11 is 0. The molecule has 0 fully saturated rings. The van der Waals surface area contributed by atoms with Crippen LogP contribution in [0.3, 0.4) is 0 Å². The summed E-state index contributed by atoms with van der Waals surface area (Å²) < 4.78 is 20.4. The van der Waals surface area contributed by atoms with Crippen LogP contribution in [0.2, 0.25) is 0 Å². The first kappa shape index (κ1) is 25.1. The molecule has 0 bridgehead atoms. The van der Waals surface area contributed by atoms with Crippen LogP contribution in [-0.2, 0) is 18.7 Å². The average Bonchev–Trinajstić information content (AvgIpc) is 2.59. The molecule has 152 valence electrons. The highest BCUT2D eigenvalue weighted by molar-refractivity contribution is 7.47. The van der Waals surface area contributed by atoms with Gasteiger partial charge in [0.05, 0.1) is 13.2 Å². The van der Waals surface area contributed by atoms with E-state index < -0.39 is 7.82 Å². The lowest BCUT2D eigenvalue weighted by Gasteiger charge is -2.10. The van der Waals surface area contributed by atoms with Gasteiger partial charge in [0.2, 0.25) is 0 Å². The van der Waals surface area contributed by atoms with Gasteiger partial charge in [0.15, 0.2) is 0 Å². The summed E-state index contributed by atoms with van der Waals surface area (Å²) in [6.45, 7) is 4.64. The summed E-state index contributed by atoms with van der Waals surface area (Å²) in [5.41, 5.74) is 0. The van der Waals surface area contributed by atoms with Gasteiger partial charge in [-0.1, -0.05) is 97.3 Å². The minimum absolute atomic E-state index is 0.190. The lowest BCUT2D eigenvalue weighted by atomic mass is 10.0. The molecule has 0 saturated heterocycles. The monoisotopic (exact) mass is 380 g/mol. The van der Waals surface area contributed by atoms with E-state index in [9.17, 15) is 9.46 Å². The predicted molar refractivity (Wildman–Crippen MR) is 103 cm³/mol. The highest BCUT2D eigenvalue weighted by atomic mass is 31.2. The Morgan fingerprint density at radius 2 is 1.08 bits per heavy atom. The summed E-state index contributed by atoms with van der Waals surface area (Å²) in [6, 6.07) is 0. The van der Waals surface area contributed by atoms with Gasteiger partial charge in [-0.3, -0.25) is 4.52 Å². The van der Waals surface area contributed by atoms with Crippen molar-refractivity contribution < 1.29 is 23.5 Å². The summed E-state index contributed by atoms with van der Waals surface area (Å²) in [5.74, 6) is 0. The molecule has 5 nitrogen and oxygen atoms in total. The second-order valence-electron chi connectivity index (χ2n) is 6.79. The lowest BCUT2D eigenvalue weighted by molar-refractivity contribution is -0.225. The van der Waals surface area contributed by atoms with Gasteiger partial charge in [-0.2, -0.15) is 0 Å². The van der Waals surface area contributed by atoms with Crippen molar-refractivity contribution in [1.29, 1.82) is 0 Å². The van der Waals surface area contributed by atoms with E-state index >= 15 is 0 Å². The Hall–Kier alpha value is 0.0700. The smallest absolute Gasteiger partial charge is 0.301 e. The molecule has 0 aliphatic heterocycles. The molecule has 0 aromatic rings. The van der Waals surface area contributed by atoms with Crippen LogP contribution < -0.4 is 0 Å². The largest absolute Gasteiger partial charge is 0.499 e. The van der Waals surface area contributed by atoms with Crippen molar-refractivity contribution in [1.82, 2.24) is 0 Å². The van der Waals surface area contributed by atoms with E-state index in [1.807, 2.05) is 6.92 Å². The lowest BCUT2D eigenvalue weighted by Crippen LogP contribution is -1.99. The fourth-order valence-corrected chi connectivity index (χ4v) is 3.35. The molecule has 0 amide bonds. The van der Waals surface area contributed by atoms with Crippen LogP contribution in [0.5, 0.6) is 0 Å². The van der Waals surface area contributed by atoms with Crippen LogP contribution in [0, 0.1) is 0 Å². The molecule has 1 unspecified atom stereocenters. The van der Waals surface area contributed by atoms with Crippen LogP contribution in [0.1, 0.15) is 110 Å². The van der Waals surface area contributed by atoms with E-state index in [2.05, 4.69) is 16.1 Å². The van der Waals surface area contributed by atoms with Gasteiger partial charge in [0.25, 0.3) is 0 Å². The molecule has 1 N–H and O–H groups in total. The maximum atomic E-state index is 11.3. The van der Waals surface area contributed by atoms with Crippen molar-refractivity contribution in [2.45, 2.75) is 110 Å². The normalized spacial score (nSPS) is 13.9. The Morgan fingerprint density at radius 1 is 0.640 bits per heavy atom. The Kier molecular flexibility index (Phi) is 18.9. The maximum absolute atomic E-state index is 11.3. The van der Waals surface area contributed by atoms with Crippen molar-refractivity contribution in [2.75, 3.05) is 13.2 Å². The molecule has 1 atom stereocenters. The zero-order chi connectivity index (χ0) is 18.6. The van der Waals surface area contributed by atoms with Crippen molar-refractivity contribution in [3.63, 3.8) is 0 Å². The third kappa shape index (κ3) is 20.2. The third-order valence-corrected chi connectivity index (χ3v) is 4.99. The molecule has 0 radical (unpaired) electrons. The second-order valence-corrected chi connectivity index (χ2v) is 8.14. The van der Waals surface area contributed by atoms with Gasteiger partial charge in [0, 0.05) is 0 Å². The van der Waals surface area contributed by atoms with E-state index in [4.69, 9.17) is 4.89 Å². The SMILES string of the molecule is CCCCCCCCCCCCCCCCOOP(=O)(O)OCCC. The second kappa shape index (κ2) is 18.8. The first-order chi connectivity index (χ1) is 12.1. The van der Waals surface area contributed by atoms with Crippen LogP contribution in [0.4, 0.5) is 0 Å². The van der Waals surface area contributed by atoms with E-state index in [0.29, 0.717) is 13.0 Å². The molecule has 0 rings (SSSR count).